The second kappa shape index (κ2) is 3.98. The van der Waals surface area contributed by atoms with Crippen LogP contribution in [0.5, 0.6) is 0 Å². The summed E-state index contributed by atoms with van der Waals surface area (Å²) in [5.74, 6) is 0. The van der Waals surface area contributed by atoms with E-state index in [9.17, 15) is 0 Å². The van der Waals surface area contributed by atoms with Crippen LogP contribution in [0.4, 0.5) is 11.4 Å². The number of hydrogen-bond acceptors (Lipinski definition) is 4. The zero-order valence-corrected chi connectivity index (χ0v) is 9.26. The Hall–Kier alpha value is -0.740. The molecule has 0 heterocycles. The van der Waals surface area contributed by atoms with E-state index in [1.54, 1.807) is 17.1 Å². The molecule has 0 aromatic heterocycles. The molecule has 0 aliphatic carbocycles. The maximum absolute atomic E-state index is 5.87. The van der Waals surface area contributed by atoms with E-state index in [0.29, 0.717) is 5.69 Å². The lowest BCUT2D eigenvalue weighted by Gasteiger charge is -2.11. The Morgan fingerprint density at radius 2 is 2.00 bits per heavy atom. The van der Waals surface area contributed by atoms with E-state index < -0.39 is 0 Å². The van der Waals surface area contributed by atoms with Gasteiger partial charge < -0.3 is 11.5 Å². The molecule has 4 N–H and O–H groups in total. The van der Waals surface area contributed by atoms with Gasteiger partial charge >= 0.3 is 0 Å². The number of rotatable bonds is 2. The van der Waals surface area contributed by atoms with Crippen molar-refractivity contribution in [1.29, 1.82) is 0 Å². The zero-order valence-electron chi connectivity index (χ0n) is 7.63. The zero-order chi connectivity index (χ0) is 10.0. The standard InChI is InChI=1S/C9H12N2S2/c1-5-8(10)6(4-12)3-7(13-2)9(5)11/h3-4H,10-11H2,1-2H3. The van der Waals surface area contributed by atoms with Gasteiger partial charge in [0.05, 0.1) is 5.69 Å². The molecule has 4 heteroatoms. The molecule has 0 radical (unpaired) electrons. The fourth-order valence-corrected chi connectivity index (χ4v) is 1.92. The number of anilines is 2. The van der Waals surface area contributed by atoms with Gasteiger partial charge in [-0.2, -0.15) is 0 Å². The Morgan fingerprint density at radius 1 is 1.38 bits per heavy atom. The summed E-state index contributed by atoms with van der Waals surface area (Å²) in [6.45, 7) is 1.91. The van der Waals surface area contributed by atoms with Crippen LogP contribution in [0.15, 0.2) is 11.0 Å². The second-order valence-electron chi connectivity index (χ2n) is 2.74. The molecule has 0 fully saturated rings. The van der Waals surface area contributed by atoms with Crippen molar-refractivity contribution >= 4 is 40.7 Å². The van der Waals surface area contributed by atoms with Crippen molar-refractivity contribution in [1.82, 2.24) is 0 Å². The smallest absolute Gasteiger partial charge is 0.0502 e. The molecule has 0 saturated carbocycles. The third-order valence-corrected chi connectivity index (χ3v) is 3.05. The van der Waals surface area contributed by atoms with Gasteiger partial charge in [0.1, 0.15) is 0 Å². The van der Waals surface area contributed by atoms with Gasteiger partial charge in [-0.1, -0.05) is 12.2 Å². The van der Waals surface area contributed by atoms with Crippen molar-refractivity contribution in [3.05, 3.63) is 17.2 Å². The molecular formula is C9H12N2S2. The van der Waals surface area contributed by atoms with Gasteiger partial charge in [0.15, 0.2) is 0 Å². The minimum absolute atomic E-state index is 0.685. The molecule has 0 bridgehead atoms. The number of hydrogen-bond donors (Lipinski definition) is 2. The number of thioether (sulfide) groups is 1. The Labute approximate surface area is 87.7 Å². The quantitative estimate of drug-likeness (QED) is 0.448. The summed E-state index contributed by atoms with van der Waals surface area (Å²) in [4.78, 5) is 1.03. The van der Waals surface area contributed by atoms with Crippen LogP contribution in [0.25, 0.3) is 0 Å². The van der Waals surface area contributed by atoms with E-state index in [0.717, 1.165) is 21.7 Å². The lowest BCUT2D eigenvalue weighted by Crippen LogP contribution is -2.01. The molecule has 1 aromatic carbocycles. The Balaban J connectivity index is 3.45. The van der Waals surface area contributed by atoms with E-state index in [1.165, 1.54) is 0 Å². The summed E-state index contributed by atoms with van der Waals surface area (Å²) in [7, 11) is 0. The van der Waals surface area contributed by atoms with Gasteiger partial charge in [-0.25, -0.2) is 0 Å². The largest absolute Gasteiger partial charge is 0.398 e. The van der Waals surface area contributed by atoms with E-state index in [1.807, 2.05) is 19.2 Å². The number of nitrogens with two attached hydrogens (primary N) is 2. The van der Waals surface area contributed by atoms with Crippen molar-refractivity contribution in [3.63, 3.8) is 0 Å². The summed E-state index contributed by atoms with van der Waals surface area (Å²) < 4.78 is 0. The molecule has 0 aliphatic rings. The second-order valence-corrected chi connectivity index (χ2v) is 3.82. The van der Waals surface area contributed by atoms with Crippen molar-refractivity contribution in [2.75, 3.05) is 17.7 Å². The molecule has 0 aliphatic heterocycles. The number of thiocarbonyl (C=S) groups is 1. The van der Waals surface area contributed by atoms with E-state index in [4.69, 9.17) is 23.7 Å². The van der Waals surface area contributed by atoms with Gasteiger partial charge in [-0.3, -0.25) is 0 Å². The van der Waals surface area contributed by atoms with Gasteiger partial charge in [-0.15, -0.1) is 11.8 Å². The highest BCUT2D eigenvalue weighted by Gasteiger charge is 2.08. The molecule has 0 amide bonds. The summed E-state index contributed by atoms with van der Waals surface area (Å²) >= 11 is 6.46. The highest BCUT2D eigenvalue weighted by atomic mass is 32.2. The van der Waals surface area contributed by atoms with E-state index in [2.05, 4.69) is 0 Å². The molecule has 1 aromatic rings. The van der Waals surface area contributed by atoms with Gasteiger partial charge in [-0.05, 0) is 24.8 Å². The van der Waals surface area contributed by atoms with Crippen LogP contribution in [0.1, 0.15) is 11.1 Å². The molecule has 0 atom stereocenters. The average molecular weight is 212 g/mol. The molecular weight excluding hydrogens is 200 g/mol. The lowest BCUT2D eigenvalue weighted by molar-refractivity contribution is 1.36. The predicted molar refractivity (Wildman–Crippen MR) is 64.5 cm³/mol. The minimum atomic E-state index is 0.685. The topological polar surface area (TPSA) is 52.0 Å². The fraction of sp³-hybridized carbons (Fsp3) is 0.222. The maximum Gasteiger partial charge on any atom is 0.0502 e. The first kappa shape index (κ1) is 10.3. The molecule has 2 nitrogen and oxygen atoms in total. The van der Waals surface area contributed by atoms with Crippen LogP contribution in [0, 0.1) is 6.92 Å². The number of nitrogen functional groups attached to an aromatic ring is 2. The van der Waals surface area contributed by atoms with Crippen molar-refractivity contribution in [2.24, 2.45) is 0 Å². The number of benzene rings is 1. The molecule has 70 valence electrons. The normalized spacial score (nSPS) is 10.0. The summed E-state index contributed by atoms with van der Waals surface area (Å²) in [5.41, 5.74) is 14.9. The maximum atomic E-state index is 5.87. The Kier molecular flexibility index (Phi) is 3.17. The highest BCUT2D eigenvalue weighted by molar-refractivity contribution is 7.98. The first-order valence-electron chi connectivity index (χ1n) is 3.79. The van der Waals surface area contributed by atoms with Crippen LogP contribution < -0.4 is 11.5 Å². The molecule has 1 rings (SSSR count). The van der Waals surface area contributed by atoms with Crippen LogP contribution >= 0.6 is 24.0 Å². The predicted octanol–water partition coefficient (Wildman–Crippen LogP) is 2.23. The third kappa shape index (κ3) is 1.78. The van der Waals surface area contributed by atoms with Crippen molar-refractivity contribution in [3.8, 4) is 0 Å². The fourth-order valence-electron chi connectivity index (χ4n) is 1.11. The Morgan fingerprint density at radius 3 is 2.46 bits per heavy atom. The van der Waals surface area contributed by atoms with Crippen LogP contribution in [-0.2, 0) is 0 Å². The van der Waals surface area contributed by atoms with E-state index >= 15 is 0 Å². The summed E-state index contributed by atoms with van der Waals surface area (Å²) in [6.07, 6.45) is 1.98. The monoisotopic (exact) mass is 212 g/mol. The van der Waals surface area contributed by atoms with Crippen LogP contribution in [-0.4, -0.2) is 11.6 Å². The van der Waals surface area contributed by atoms with Crippen molar-refractivity contribution < 1.29 is 0 Å². The average Bonchev–Trinajstić information content (AvgIpc) is 2.15. The summed E-state index contributed by atoms with van der Waals surface area (Å²) in [6, 6.07) is 1.93. The van der Waals surface area contributed by atoms with Crippen LogP contribution in [0.2, 0.25) is 0 Å². The first-order valence-corrected chi connectivity index (χ1v) is 5.49. The Bertz CT molecular complexity index is 348. The third-order valence-electron chi connectivity index (χ3n) is 2.02. The molecule has 0 spiro atoms. The minimum Gasteiger partial charge on any atom is -0.398 e. The molecule has 0 unspecified atom stereocenters. The SMILES string of the molecule is CSc1cc(C=S)c(N)c(C)c1N. The lowest BCUT2D eigenvalue weighted by atomic mass is 10.1. The highest BCUT2D eigenvalue weighted by Crippen LogP contribution is 2.31. The molecule has 0 saturated heterocycles. The summed E-state index contributed by atoms with van der Waals surface area (Å²) in [5, 5.41) is 1.58. The molecule has 13 heavy (non-hydrogen) atoms. The van der Waals surface area contributed by atoms with Gasteiger partial charge in [0, 0.05) is 21.5 Å². The van der Waals surface area contributed by atoms with Gasteiger partial charge in [0.2, 0.25) is 0 Å². The van der Waals surface area contributed by atoms with Gasteiger partial charge in [0.25, 0.3) is 0 Å². The van der Waals surface area contributed by atoms with Crippen molar-refractivity contribution in [2.45, 2.75) is 11.8 Å². The van der Waals surface area contributed by atoms with E-state index in [-0.39, 0.29) is 0 Å². The van der Waals surface area contributed by atoms with Crippen LogP contribution in [0.3, 0.4) is 0 Å². The first-order chi connectivity index (χ1) is 6.11.